The van der Waals surface area contributed by atoms with Gasteiger partial charge in [0.2, 0.25) is 0 Å². The molecule has 0 atom stereocenters. The number of amides is 2. The van der Waals surface area contributed by atoms with E-state index in [0.717, 1.165) is 17.5 Å². The summed E-state index contributed by atoms with van der Waals surface area (Å²) < 4.78 is 5.55. The Hall–Kier alpha value is -2.82. The van der Waals surface area contributed by atoms with E-state index in [9.17, 15) is 9.59 Å². The average molecular weight is 312 g/mol. The molecule has 120 valence electrons. The minimum atomic E-state index is -0.541. The Kier molecular flexibility index (Phi) is 5.36. The molecule has 0 saturated carbocycles. The highest BCUT2D eigenvalue weighted by atomic mass is 16.5. The molecule has 2 amide bonds. The molecule has 5 nitrogen and oxygen atoms in total. The van der Waals surface area contributed by atoms with Crippen molar-refractivity contribution in [1.29, 1.82) is 0 Å². The number of primary amides is 1. The number of nitrogens with one attached hydrogen (secondary N) is 1. The predicted octanol–water partition coefficient (Wildman–Crippen LogP) is 2.60. The second-order valence-electron chi connectivity index (χ2n) is 5.08. The molecule has 0 unspecified atom stereocenters. The average Bonchev–Trinajstić information content (AvgIpc) is 2.59. The van der Waals surface area contributed by atoms with Gasteiger partial charge < -0.3 is 15.8 Å². The topological polar surface area (TPSA) is 81.4 Å². The van der Waals surface area contributed by atoms with Crippen LogP contribution in [0.2, 0.25) is 0 Å². The molecular formula is C18H20N2O3. The van der Waals surface area contributed by atoms with Crippen molar-refractivity contribution in [2.24, 2.45) is 5.73 Å². The second-order valence-corrected chi connectivity index (χ2v) is 5.08. The maximum absolute atomic E-state index is 11.7. The summed E-state index contributed by atoms with van der Waals surface area (Å²) in [5.74, 6) is -0.226. The molecule has 0 heterocycles. The maximum Gasteiger partial charge on any atom is 0.252 e. The molecule has 0 aliphatic heterocycles. The van der Waals surface area contributed by atoms with Crippen LogP contribution in [-0.2, 0) is 0 Å². The third kappa shape index (κ3) is 3.88. The first-order valence-electron chi connectivity index (χ1n) is 7.46. The van der Waals surface area contributed by atoms with E-state index in [2.05, 4.69) is 5.32 Å². The number of hydrogen-bond acceptors (Lipinski definition) is 3. The number of ether oxygens (including phenoxy) is 1. The van der Waals surface area contributed by atoms with Gasteiger partial charge in [-0.1, -0.05) is 25.1 Å². The largest absolute Gasteiger partial charge is 0.493 e. The van der Waals surface area contributed by atoms with Crippen molar-refractivity contribution in [3.05, 3.63) is 53.6 Å². The van der Waals surface area contributed by atoms with Gasteiger partial charge in [0.25, 0.3) is 11.8 Å². The first kappa shape index (κ1) is 16.5. The summed E-state index contributed by atoms with van der Waals surface area (Å²) in [5, 5.41) is 2.59. The van der Waals surface area contributed by atoms with Crippen molar-refractivity contribution in [1.82, 2.24) is 5.32 Å². The van der Waals surface area contributed by atoms with E-state index < -0.39 is 5.91 Å². The standard InChI is InChI=1S/C18H20N2O3/c1-3-9-23-16-8-7-13(11-15(16)17(19)21)12-5-4-6-14(10-12)18(22)20-2/h4-8,10-11H,3,9H2,1-2H3,(H2,19,21)(H,20,22). The molecule has 0 fully saturated rings. The molecule has 5 heteroatoms. The fraction of sp³-hybridized carbons (Fsp3) is 0.222. The lowest BCUT2D eigenvalue weighted by atomic mass is 10.00. The molecule has 0 radical (unpaired) electrons. The molecule has 0 aliphatic rings. The first-order valence-corrected chi connectivity index (χ1v) is 7.46. The van der Waals surface area contributed by atoms with E-state index >= 15 is 0 Å². The van der Waals surface area contributed by atoms with E-state index in [1.165, 1.54) is 0 Å². The fourth-order valence-electron chi connectivity index (χ4n) is 2.22. The van der Waals surface area contributed by atoms with Gasteiger partial charge in [-0.05, 0) is 41.8 Å². The van der Waals surface area contributed by atoms with Crippen molar-refractivity contribution in [3.63, 3.8) is 0 Å². The number of rotatable bonds is 6. The molecule has 0 bridgehead atoms. The van der Waals surface area contributed by atoms with Crippen LogP contribution in [0.3, 0.4) is 0 Å². The van der Waals surface area contributed by atoms with Gasteiger partial charge in [-0.3, -0.25) is 9.59 Å². The van der Waals surface area contributed by atoms with Crippen LogP contribution in [0.25, 0.3) is 11.1 Å². The van der Waals surface area contributed by atoms with Crippen molar-refractivity contribution in [3.8, 4) is 16.9 Å². The zero-order valence-electron chi connectivity index (χ0n) is 13.3. The molecule has 3 N–H and O–H groups in total. The Morgan fingerprint density at radius 2 is 1.87 bits per heavy atom. The van der Waals surface area contributed by atoms with E-state index in [0.29, 0.717) is 23.5 Å². The predicted molar refractivity (Wildman–Crippen MR) is 89.6 cm³/mol. The molecule has 23 heavy (non-hydrogen) atoms. The van der Waals surface area contributed by atoms with E-state index in [-0.39, 0.29) is 5.91 Å². The van der Waals surface area contributed by atoms with E-state index in [1.807, 2.05) is 19.1 Å². The zero-order chi connectivity index (χ0) is 16.8. The Morgan fingerprint density at radius 3 is 2.52 bits per heavy atom. The highest BCUT2D eigenvalue weighted by Crippen LogP contribution is 2.27. The molecule has 2 aromatic carbocycles. The van der Waals surface area contributed by atoms with E-state index in [4.69, 9.17) is 10.5 Å². The van der Waals surface area contributed by atoms with Crippen LogP contribution >= 0.6 is 0 Å². The minimum Gasteiger partial charge on any atom is -0.493 e. The Balaban J connectivity index is 2.42. The van der Waals surface area contributed by atoms with Crippen LogP contribution in [0.15, 0.2) is 42.5 Å². The van der Waals surface area contributed by atoms with Crippen molar-refractivity contribution >= 4 is 11.8 Å². The molecule has 0 aliphatic carbocycles. The lowest BCUT2D eigenvalue weighted by Gasteiger charge is -2.11. The number of nitrogens with two attached hydrogens (primary N) is 1. The summed E-state index contributed by atoms with van der Waals surface area (Å²) in [5.41, 5.74) is 7.97. The van der Waals surface area contributed by atoms with Crippen molar-refractivity contribution < 1.29 is 14.3 Å². The van der Waals surface area contributed by atoms with Gasteiger partial charge in [0, 0.05) is 12.6 Å². The Bertz CT molecular complexity index is 726. The van der Waals surface area contributed by atoms with Crippen LogP contribution in [0.4, 0.5) is 0 Å². The third-order valence-electron chi connectivity index (χ3n) is 3.39. The van der Waals surface area contributed by atoms with Gasteiger partial charge in [0.1, 0.15) is 5.75 Å². The molecule has 0 saturated heterocycles. The van der Waals surface area contributed by atoms with Crippen LogP contribution in [0, 0.1) is 0 Å². The van der Waals surface area contributed by atoms with Gasteiger partial charge in [-0.15, -0.1) is 0 Å². The smallest absolute Gasteiger partial charge is 0.252 e. The van der Waals surface area contributed by atoms with Crippen LogP contribution in [0.1, 0.15) is 34.1 Å². The zero-order valence-corrected chi connectivity index (χ0v) is 13.3. The molecule has 0 spiro atoms. The lowest BCUT2D eigenvalue weighted by Crippen LogP contribution is -2.17. The van der Waals surface area contributed by atoms with Gasteiger partial charge in [0.15, 0.2) is 0 Å². The quantitative estimate of drug-likeness (QED) is 0.860. The molecule has 0 aromatic heterocycles. The van der Waals surface area contributed by atoms with Gasteiger partial charge in [-0.25, -0.2) is 0 Å². The fourth-order valence-corrected chi connectivity index (χ4v) is 2.22. The summed E-state index contributed by atoms with van der Waals surface area (Å²) in [6.07, 6.45) is 0.841. The molecule has 2 aromatic rings. The lowest BCUT2D eigenvalue weighted by molar-refractivity contribution is 0.0961. The Morgan fingerprint density at radius 1 is 1.13 bits per heavy atom. The SMILES string of the molecule is CCCOc1ccc(-c2cccc(C(=O)NC)c2)cc1C(N)=O. The van der Waals surface area contributed by atoms with Crippen molar-refractivity contribution in [2.45, 2.75) is 13.3 Å². The summed E-state index contributed by atoms with van der Waals surface area (Å²) >= 11 is 0. The van der Waals surface area contributed by atoms with Gasteiger partial charge in [0.05, 0.1) is 12.2 Å². The summed E-state index contributed by atoms with van der Waals surface area (Å²) in [7, 11) is 1.58. The first-order chi connectivity index (χ1) is 11.1. The summed E-state index contributed by atoms with van der Waals surface area (Å²) in [6.45, 7) is 2.51. The van der Waals surface area contributed by atoms with E-state index in [1.54, 1.807) is 37.4 Å². The normalized spacial score (nSPS) is 10.2. The minimum absolute atomic E-state index is 0.162. The third-order valence-corrected chi connectivity index (χ3v) is 3.39. The summed E-state index contributed by atoms with van der Waals surface area (Å²) in [6, 6.07) is 12.4. The molecular weight excluding hydrogens is 292 g/mol. The van der Waals surface area contributed by atoms with Crippen molar-refractivity contribution in [2.75, 3.05) is 13.7 Å². The number of carbonyl (C=O) groups is 2. The maximum atomic E-state index is 11.7. The van der Waals surface area contributed by atoms with Gasteiger partial charge >= 0.3 is 0 Å². The highest BCUT2D eigenvalue weighted by Gasteiger charge is 2.12. The van der Waals surface area contributed by atoms with Crippen LogP contribution in [0.5, 0.6) is 5.75 Å². The number of benzene rings is 2. The highest BCUT2D eigenvalue weighted by molar-refractivity contribution is 5.98. The van der Waals surface area contributed by atoms with Gasteiger partial charge in [-0.2, -0.15) is 0 Å². The Labute approximate surface area is 135 Å². The summed E-state index contributed by atoms with van der Waals surface area (Å²) in [4.78, 5) is 23.4. The van der Waals surface area contributed by atoms with Crippen LogP contribution in [-0.4, -0.2) is 25.5 Å². The molecule has 2 rings (SSSR count). The number of carbonyl (C=O) groups excluding carboxylic acids is 2. The van der Waals surface area contributed by atoms with Crippen LogP contribution < -0.4 is 15.8 Å². The number of hydrogen-bond donors (Lipinski definition) is 2. The monoisotopic (exact) mass is 312 g/mol. The second kappa shape index (κ2) is 7.45.